The van der Waals surface area contributed by atoms with Crippen LogP contribution in [-0.4, -0.2) is 51.0 Å². The Morgan fingerprint density at radius 2 is 1.76 bits per heavy atom. The van der Waals surface area contributed by atoms with E-state index in [1.54, 1.807) is 12.1 Å². The van der Waals surface area contributed by atoms with Crippen LogP contribution in [0.5, 0.6) is 17.2 Å². The van der Waals surface area contributed by atoms with Gasteiger partial charge < -0.3 is 14.2 Å². The average Bonchev–Trinajstić information content (AvgIpc) is 2.81. The van der Waals surface area contributed by atoms with Crippen LogP contribution < -0.4 is 19.5 Å². The Hall–Kier alpha value is -2.77. The Labute approximate surface area is 121 Å². The zero-order valence-corrected chi connectivity index (χ0v) is 11.9. The van der Waals surface area contributed by atoms with Crippen molar-refractivity contribution in [2.45, 2.75) is 0 Å². The van der Waals surface area contributed by atoms with Gasteiger partial charge in [0.15, 0.2) is 0 Å². The summed E-state index contributed by atoms with van der Waals surface area (Å²) in [5.74, 6) is 1.11. The summed E-state index contributed by atoms with van der Waals surface area (Å²) >= 11 is 0. The fourth-order valence-electron chi connectivity index (χ4n) is 1.81. The van der Waals surface area contributed by atoms with E-state index in [0.717, 1.165) is 5.01 Å². The smallest absolute Gasteiger partial charge is 0.344 e. The first kappa shape index (κ1) is 14.6. The van der Waals surface area contributed by atoms with Crippen LogP contribution in [0.4, 0.5) is 4.79 Å². The maximum Gasteiger partial charge on any atom is 0.344 e. The van der Waals surface area contributed by atoms with Crippen LogP contribution >= 0.6 is 0 Å². The summed E-state index contributed by atoms with van der Waals surface area (Å²) in [4.78, 5) is 22.5. The molecule has 1 aliphatic heterocycles. The van der Waals surface area contributed by atoms with Gasteiger partial charge in [0.05, 0.1) is 33.1 Å². The van der Waals surface area contributed by atoms with E-state index >= 15 is 0 Å². The van der Waals surface area contributed by atoms with Gasteiger partial charge in [0, 0.05) is 12.1 Å². The lowest BCUT2D eigenvalue weighted by Crippen LogP contribution is -2.24. The molecular weight excluding hydrogens is 278 g/mol. The molecular formula is C13H15N3O5. The van der Waals surface area contributed by atoms with Gasteiger partial charge in [0.2, 0.25) is 5.91 Å². The van der Waals surface area contributed by atoms with Crippen molar-refractivity contribution in [3.8, 4) is 17.2 Å². The first-order chi connectivity index (χ1) is 10.1. The lowest BCUT2D eigenvalue weighted by atomic mass is 10.2. The quantitative estimate of drug-likeness (QED) is 0.634. The van der Waals surface area contributed by atoms with Crippen molar-refractivity contribution in [1.82, 2.24) is 10.3 Å². The molecule has 3 amide bonds. The summed E-state index contributed by atoms with van der Waals surface area (Å²) in [6, 6.07) is 2.76. The van der Waals surface area contributed by atoms with Gasteiger partial charge in [-0.15, -0.1) is 0 Å². The number of imide groups is 1. The minimum Gasteiger partial charge on any atom is -0.496 e. The van der Waals surface area contributed by atoms with Crippen molar-refractivity contribution >= 4 is 18.2 Å². The summed E-state index contributed by atoms with van der Waals surface area (Å²) < 4.78 is 15.7. The molecule has 1 aromatic rings. The Bertz CT molecular complexity index is 574. The molecule has 0 aromatic heterocycles. The van der Waals surface area contributed by atoms with Crippen LogP contribution in [0.1, 0.15) is 5.56 Å². The number of hydrazone groups is 1. The molecule has 2 rings (SSSR count). The van der Waals surface area contributed by atoms with Crippen LogP contribution in [0, 0.1) is 0 Å². The Kier molecular flexibility index (Phi) is 4.27. The van der Waals surface area contributed by atoms with Crippen molar-refractivity contribution in [2.24, 2.45) is 5.10 Å². The van der Waals surface area contributed by atoms with Crippen LogP contribution in [0.25, 0.3) is 0 Å². The number of ether oxygens (including phenoxy) is 3. The minimum atomic E-state index is -0.567. The number of nitrogens with zero attached hydrogens (tertiary/aromatic N) is 2. The Morgan fingerprint density at radius 1 is 1.14 bits per heavy atom. The van der Waals surface area contributed by atoms with Gasteiger partial charge in [-0.3, -0.25) is 10.1 Å². The summed E-state index contributed by atoms with van der Waals surface area (Å²) in [6.45, 7) is -0.115. The predicted octanol–water partition coefficient (Wildman–Crippen LogP) is 0.598. The number of methoxy groups -OCH3 is 3. The first-order valence-corrected chi connectivity index (χ1v) is 6.04. The highest BCUT2D eigenvalue weighted by atomic mass is 16.5. The monoisotopic (exact) mass is 293 g/mol. The lowest BCUT2D eigenvalue weighted by molar-refractivity contribution is -0.118. The molecule has 1 N–H and O–H groups in total. The first-order valence-electron chi connectivity index (χ1n) is 6.04. The second kappa shape index (κ2) is 6.12. The number of nitrogens with one attached hydrogen (secondary N) is 1. The zero-order chi connectivity index (χ0) is 15.4. The second-order valence-electron chi connectivity index (χ2n) is 4.10. The topological polar surface area (TPSA) is 89.5 Å². The van der Waals surface area contributed by atoms with Crippen molar-refractivity contribution < 1.29 is 23.8 Å². The fraction of sp³-hybridized carbons (Fsp3) is 0.308. The van der Waals surface area contributed by atoms with Gasteiger partial charge in [-0.05, 0) is 0 Å². The molecule has 0 spiro atoms. The number of carbonyl (C=O) groups excluding carboxylic acids is 2. The molecule has 8 heteroatoms. The SMILES string of the molecule is COc1cc(OC)c(/C=N/N2CC(=O)NC2=O)c(OC)c1. The van der Waals surface area contributed by atoms with E-state index in [0.29, 0.717) is 22.8 Å². The molecule has 1 fully saturated rings. The van der Waals surface area contributed by atoms with E-state index in [2.05, 4.69) is 10.4 Å². The molecule has 0 bridgehead atoms. The highest BCUT2D eigenvalue weighted by molar-refractivity contribution is 6.02. The van der Waals surface area contributed by atoms with Gasteiger partial charge in [0.25, 0.3) is 0 Å². The third-order valence-electron chi connectivity index (χ3n) is 2.85. The largest absolute Gasteiger partial charge is 0.496 e. The minimum absolute atomic E-state index is 0.115. The lowest BCUT2D eigenvalue weighted by Gasteiger charge is -2.12. The summed E-state index contributed by atoms with van der Waals surface area (Å²) in [7, 11) is 4.53. The van der Waals surface area contributed by atoms with Crippen LogP contribution in [0.2, 0.25) is 0 Å². The maximum atomic E-state index is 11.4. The highest BCUT2D eigenvalue weighted by Crippen LogP contribution is 2.32. The molecule has 1 aromatic carbocycles. The molecule has 1 heterocycles. The summed E-state index contributed by atoms with van der Waals surface area (Å²) in [5.41, 5.74) is 0.535. The molecule has 0 unspecified atom stereocenters. The average molecular weight is 293 g/mol. The summed E-state index contributed by atoms with van der Waals surface area (Å²) in [5, 5.41) is 7.12. The van der Waals surface area contributed by atoms with Crippen LogP contribution in [-0.2, 0) is 4.79 Å². The van der Waals surface area contributed by atoms with Crippen molar-refractivity contribution in [2.75, 3.05) is 27.9 Å². The van der Waals surface area contributed by atoms with E-state index in [1.807, 2.05) is 0 Å². The fourth-order valence-corrected chi connectivity index (χ4v) is 1.81. The van der Waals surface area contributed by atoms with Crippen LogP contribution in [0.15, 0.2) is 17.2 Å². The number of urea groups is 1. The standard InChI is InChI=1S/C13H15N3O5/c1-19-8-4-10(20-2)9(11(5-8)21-3)6-14-16-7-12(17)15-13(16)18/h4-6H,7H2,1-3H3,(H,15,17,18)/b14-6+. The molecule has 21 heavy (non-hydrogen) atoms. The molecule has 112 valence electrons. The Balaban J connectivity index is 2.34. The van der Waals surface area contributed by atoms with Gasteiger partial charge in [-0.2, -0.15) is 5.10 Å². The number of rotatable bonds is 5. The number of hydrogen-bond donors (Lipinski definition) is 1. The molecule has 8 nitrogen and oxygen atoms in total. The molecule has 1 aliphatic rings. The molecule has 0 atom stereocenters. The zero-order valence-electron chi connectivity index (χ0n) is 11.9. The van der Waals surface area contributed by atoms with Crippen LogP contribution in [0.3, 0.4) is 0 Å². The highest BCUT2D eigenvalue weighted by Gasteiger charge is 2.26. The predicted molar refractivity (Wildman–Crippen MR) is 73.9 cm³/mol. The van der Waals surface area contributed by atoms with Gasteiger partial charge >= 0.3 is 6.03 Å². The third kappa shape index (κ3) is 3.04. The second-order valence-corrected chi connectivity index (χ2v) is 4.10. The number of carbonyl (C=O) groups is 2. The van der Waals surface area contributed by atoms with Gasteiger partial charge in [-0.1, -0.05) is 0 Å². The number of amides is 3. The van der Waals surface area contributed by atoms with E-state index in [9.17, 15) is 9.59 Å². The summed E-state index contributed by atoms with van der Waals surface area (Å²) in [6.07, 6.45) is 1.40. The van der Waals surface area contributed by atoms with Crippen molar-refractivity contribution in [3.63, 3.8) is 0 Å². The van der Waals surface area contributed by atoms with E-state index in [4.69, 9.17) is 14.2 Å². The van der Waals surface area contributed by atoms with E-state index < -0.39 is 11.9 Å². The van der Waals surface area contributed by atoms with E-state index in [-0.39, 0.29) is 6.54 Å². The number of benzene rings is 1. The van der Waals surface area contributed by atoms with Crippen molar-refractivity contribution in [1.29, 1.82) is 0 Å². The maximum absolute atomic E-state index is 11.4. The normalized spacial score (nSPS) is 14.5. The third-order valence-corrected chi connectivity index (χ3v) is 2.85. The van der Waals surface area contributed by atoms with Crippen molar-refractivity contribution in [3.05, 3.63) is 17.7 Å². The van der Waals surface area contributed by atoms with E-state index in [1.165, 1.54) is 27.5 Å². The number of hydrogen-bond acceptors (Lipinski definition) is 6. The van der Waals surface area contributed by atoms with Gasteiger partial charge in [0.1, 0.15) is 23.8 Å². The molecule has 1 saturated heterocycles. The molecule has 0 aliphatic carbocycles. The van der Waals surface area contributed by atoms with Gasteiger partial charge in [-0.25, -0.2) is 9.80 Å². The molecule has 0 radical (unpaired) electrons. The molecule has 0 saturated carbocycles. The Morgan fingerprint density at radius 3 is 2.19 bits per heavy atom.